The Balaban J connectivity index is 2.48. The van der Waals surface area contributed by atoms with Crippen LogP contribution in [0.3, 0.4) is 0 Å². The Kier molecular flexibility index (Phi) is 3.13. The number of aromatic amines is 1. The number of hydrogen-bond donors (Lipinski definition) is 2. The van der Waals surface area contributed by atoms with Gasteiger partial charge < -0.3 is 5.73 Å². The van der Waals surface area contributed by atoms with Crippen LogP contribution in [0.25, 0.3) is 11.1 Å². The van der Waals surface area contributed by atoms with E-state index >= 15 is 0 Å². The molecule has 1 unspecified atom stereocenters. The first-order valence-electron chi connectivity index (χ1n) is 5.36. The van der Waals surface area contributed by atoms with Crippen LogP contribution in [-0.4, -0.2) is 10.2 Å². The Hall–Kier alpha value is -1.82. The molecule has 2 rings (SSSR count). The third kappa shape index (κ3) is 2.38. The van der Waals surface area contributed by atoms with Crippen molar-refractivity contribution in [2.24, 2.45) is 5.73 Å². The number of halogens is 3. The maximum absolute atomic E-state index is 12.6. The summed E-state index contributed by atoms with van der Waals surface area (Å²) < 4.78 is 37.9. The predicted molar refractivity (Wildman–Crippen MR) is 61.6 cm³/mol. The first kappa shape index (κ1) is 12.6. The van der Waals surface area contributed by atoms with Crippen LogP contribution in [0.1, 0.15) is 24.2 Å². The normalized spacial score (nSPS) is 13.6. The van der Waals surface area contributed by atoms with E-state index in [-0.39, 0.29) is 6.04 Å². The highest BCUT2D eigenvalue weighted by Gasteiger charge is 2.30. The quantitative estimate of drug-likeness (QED) is 0.866. The number of aromatic nitrogens is 2. The lowest BCUT2D eigenvalue weighted by atomic mass is 10.0. The molecule has 1 aromatic heterocycles. The number of rotatable bonds is 2. The van der Waals surface area contributed by atoms with Gasteiger partial charge in [-0.25, -0.2) is 0 Å². The lowest BCUT2D eigenvalue weighted by Crippen LogP contribution is -2.07. The fraction of sp³-hybridized carbons (Fsp3) is 0.250. The van der Waals surface area contributed by atoms with Crippen molar-refractivity contribution in [1.82, 2.24) is 10.2 Å². The molecule has 1 heterocycles. The minimum atomic E-state index is -4.35. The third-order valence-electron chi connectivity index (χ3n) is 2.63. The maximum atomic E-state index is 12.6. The predicted octanol–water partition coefficient (Wildman–Crippen LogP) is 3.12. The highest BCUT2D eigenvalue weighted by Crippen LogP contribution is 2.33. The number of nitrogens with zero attached hydrogens (tertiary/aromatic N) is 1. The van der Waals surface area contributed by atoms with Crippen molar-refractivity contribution in [3.63, 3.8) is 0 Å². The van der Waals surface area contributed by atoms with Gasteiger partial charge in [0.2, 0.25) is 0 Å². The minimum absolute atomic E-state index is 0.322. The molecule has 3 N–H and O–H groups in total. The number of alkyl halides is 3. The summed E-state index contributed by atoms with van der Waals surface area (Å²) in [6, 6.07) is 4.78. The molecule has 0 fully saturated rings. The van der Waals surface area contributed by atoms with Gasteiger partial charge in [-0.05, 0) is 24.6 Å². The molecule has 3 nitrogen and oxygen atoms in total. The molecule has 0 saturated heterocycles. The van der Waals surface area contributed by atoms with Crippen molar-refractivity contribution in [2.75, 3.05) is 0 Å². The summed E-state index contributed by atoms with van der Waals surface area (Å²) in [4.78, 5) is 0. The first-order valence-corrected chi connectivity index (χ1v) is 5.36. The molecule has 1 atom stereocenters. The molecule has 6 heteroatoms. The molecule has 0 radical (unpaired) electrons. The Morgan fingerprint density at radius 3 is 2.67 bits per heavy atom. The van der Waals surface area contributed by atoms with Crippen molar-refractivity contribution in [1.29, 1.82) is 0 Å². The third-order valence-corrected chi connectivity index (χ3v) is 2.63. The standard InChI is InChI=1S/C12H12F3N3/c1-7(16)11-10(6-17-18-11)8-3-2-4-9(5-8)12(13,14)15/h2-7H,16H2,1H3,(H,17,18). The summed E-state index contributed by atoms with van der Waals surface area (Å²) in [5, 5.41) is 6.53. The van der Waals surface area contributed by atoms with E-state index in [0.717, 1.165) is 12.1 Å². The second kappa shape index (κ2) is 4.45. The lowest BCUT2D eigenvalue weighted by Gasteiger charge is -2.10. The zero-order chi connectivity index (χ0) is 13.3. The van der Waals surface area contributed by atoms with Gasteiger partial charge in [0, 0.05) is 11.6 Å². The zero-order valence-corrected chi connectivity index (χ0v) is 9.62. The molecule has 0 bridgehead atoms. The van der Waals surface area contributed by atoms with E-state index in [1.54, 1.807) is 13.0 Å². The van der Waals surface area contributed by atoms with E-state index in [0.29, 0.717) is 16.8 Å². The van der Waals surface area contributed by atoms with E-state index in [9.17, 15) is 13.2 Å². The SMILES string of the molecule is CC(N)c1[nH]ncc1-c1cccc(C(F)(F)F)c1. The fourth-order valence-electron chi connectivity index (χ4n) is 1.74. The zero-order valence-electron chi connectivity index (χ0n) is 9.62. The Morgan fingerprint density at radius 2 is 2.06 bits per heavy atom. The van der Waals surface area contributed by atoms with Gasteiger partial charge in [-0.1, -0.05) is 12.1 Å². The molecule has 0 spiro atoms. The van der Waals surface area contributed by atoms with Crippen LogP contribution in [0, 0.1) is 0 Å². The lowest BCUT2D eigenvalue weighted by molar-refractivity contribution is -0.137. The van der Waals surface area contributed by atoms with Crippen LogP contribution in [0.2, 0.25) is 0 Å². The molecule has 0 aliphatic rings. The Bertz CT molecular complexity index is 543. The smallest absolute Gasteiger partial charge is 0.323 e. The number of nitrogens with one attached hydrogen (secondary N) is 1. The largest absolute Gasteiger partial charge is 0.416 e. The number of benzene rings is 1. The summed E-state index contributed by atoms with van der Waals surface area (Å²) in [6.07, 6.45) is -2.87. The fourth-order valence-corrected chi connectivity index (χ4v) is 1.74. The van der Waals surface area contributed by atoms with Crippen LogP contribution in [0.5, 0.6) is 0 Å². The highest BCUT2D eigenvalue weighted by molar-refractivity contribution is 5.66. The monoisotopic (exact) mass is 255 g/mol. The van der Waals surface area contributed by atoms with Gasteiger partial charge in [0.15, 0.2) is 0 Å². The topological polar surface area (TPSA) is 54.7 Å². The van der Waals surface area contributed by atoms with Crippen LogP contribution >= 0.6 is 0 Å². The Labute approximate surface area is 102 Å². The average Bonchev–Trinajstić information content (AvgIpc) is 2.77. The summed E-state index contributed by atoms with van der Waals surface area (Å²) in [5.41, 5.74) is 6.71. The van der Waals surface area contributed by atoms with Crippen LogP contribution < -0.4 is 5.73 Å². The van der Waals surface area contributed by atoms with Crippen molar-refractivity contribution >= 4 is 0 Å². The molecular formula is C12H12F3N3. The van der Waals surface area contributed by atoms with Crippen molar-refractivity contribution in [3.05, 3.63) is 41.7 Å². The summed E-state index contributed by atoms with van der Waals surface area (Å²) in [5.74, 6) is 0. The molecule has 96 valence electrons. The van der Waals surface area contributed by atoms with E-state index in [2.05, 4.69) is 10.2 Å². The van der Waals surface area contributed by atoms with Gasteiger partial charge in [-0.2, -0.15) is 18.3 Å². The summed E-state index contributed by atoms with van der Waals surface area (Å²) in [6.45, 7) is 1.74. The molecule has 0 amide bonds. The number of H-pyrrole nitrogens is 1. The van der Waals surface area contributed by atoms with E-state index in [1.807, 2.05) is 0 Å². The molecule has 2 aromatic rings. The first-order chi connectivity index (χ1) is 8.39. The molecule has 18 heavy (non-hydrogen) atoms. The van der Waals surface area contributed by atoms with Crippen molar-refractivity contribution < 1.29 is 13.2 Å². The van der Waals surface area contributed by atoms with Crippen LogP contribution in [-0.2, 0) is 6.18 Å². The van der Waals surface area contributed by atoms with Crippen LogP contribution in [0.15, 0.2) is 30.5 Å². The van der Waals surface area contributed by atoms with Gasteiger partial charge in [0.05, 0.1) is 17.5 Å². The molecule has 1 aromatic carbocycles. The van der Waals surface area contributed by atoms with Gasteiger partial charge in [0.1, 0.15) is 0 Å². The molecule has 0 saturated carbocycles. The summed E-state index contributed by atoms with van der Waals surface area (Å²) in [7, 11) is 0. The van der Waals surface area contributed by atoms with Gasteiger partial charge in [-0.15, -0.1) is 0 Å². The van der Waals surface area contributed by atoms with E-state index in [4.69, 9.17) is 5.73 Å². The van der Waals surface area contributed by atoms with E-state index in [1.165, 1.54) is 12.3 Å². The Morgan fingerprint density at radius 1 is 1.33 bits per heavy atom. The molecular weight excluding hydrogens is 243 g/mol. The highest BCUT2D eigenvalue weighted by atomic mass is 19.4. The van der Waals surface area contributed by atoms with Crippen molar-refractivity contribution in [2.45, 2.75) is 19.1 Å². The second-order valence-electron chi connectivity index (χ2n) is 4.06. The van der Waals surface area contributed by atoms with Gasteiger partial charge in [0.25, 0.3) is 0 Å². The van der Waals surface area contributed by atoms with Gasteiger partial charge >= 0.3 is 6.18 Å². The average molecular weight is 255 g/mol. The second-order valence-corrected chi connectivity index (χ2v) is 4.06. The molecule has 0 aliphatic heterocycles. The van der Waals surface area contributed by atoms with Crippen LogP contribution in [0.4, 0.5) is 13.2 Å². The number of hydrogen-bond acceptors (Lipinski definition) is 2. The molecule has 0 aliphatic carbocycles. The van der Waals surface area contributed by atoms with E-state index < -0.39 is 11.7 Å². The van der Waals surface area contributed by atoms with Gasteiger partial charge in [-0.3, -0.25) is 5.10 Å². The number of nitrogens with two attached hydrogens (primary N) is 1. The summed E-state index contributed by atoms with van der Waals surface area (Å²) >= 11 is 0. The van der Waals surface area contributed by atoms with Crippen molar-refractivity contribution in [3.8, 4) is 11.1 Å². The maximum Gasteiger partial charge on any atom is 0.416 e. The minimum Gasteiger partial charge on any atom is -0.323 e.